The highest BCUT2D eigenvalue weighted by Crippen LogP contribution is 2.14. The molecule has 0 atom stereocenters. The molecule has 1 aromatic rings. The van der Waals surface area contributed by atoms with Gasteiger partial charge in [-0.15, -0.1) is 0 Å². The van der Waals surface area contributed by atoms with E-state index >= 15 is 0 Å². The Balaban J connectivity index is 2.33. The summed E-state index contributed by atoms with van der Waals surface area (Å²) in [6, 6.07) is 8.45. The summed E-state index contributed by atoms with van der Waals surface area (Å²) in [5, 5.41) is 0. The molecule has 1 heteroatoms. The van der Waals surface area contributed by atoms with E-state index in [0.29, 0.717) is 6.61 Å². The first-order chi connectivity index (χ1) is 9.61. The highest BCUT2D eigenvalue weighted by Gasteiger charge is 1.95. The van der Waals surface area contributed by atoms with Crippen molar-refractivity contribution in [2.24, 2.45) is 0 Å². The SMILES string of the molecule is CCCc1ccc(OC/C=C(\C)CCC=C(C)C)cc1. The van der Waals surface area contributed by atoms with Crippen LogP contribution in [0.3, 0.4) is 0 Å². The fourth-order valence-electron chi connectivity index (χ4n) is 2.01. The summed E-state index contributed by atoms with van der Waals surface area (Å²) >= 11 is 0. The van der Waals surface area contributed by atoms with Crippen LogP contribution in [0.5, 0.6) is 5.75 Å². The normalized spacial score (nSPS) is 11.3. The van der Waals surface area contributed by atoms with Gasteiger partial charge in [-0.05, 0) is 63.8 Å². The molecule has 0 fully saturated rings. The summed E-state index contributed by atoms with van der Waals surface area (Å²) in [7, 11) is 0. The molecular weight excluding hydrogens is 244 g/mol. The molecule has 110 valence electrons. The molecule has 1 aromatic carbocycles. The fourth-order valence-corrected chi connectivity index (χ4v) is 2.01. The van der Waals surface area contributed by atoms with E-state index in [-0.39, 0.29) is 0 Å². The quantitative estimate of drug-likeness (QED) is 0.551. The average Bonchev–Trinajstić information content (AvgIpc) is 2.40. The van der Waals surface area contributed by atoms with Gasteiger partial charge in [0.05, 0.1) is 0 Å². The van der Waals surface area contributed by atoms with Gasteiger partial charge in [-0.3, -0.25) is 0 Å². The number of rotatable bonds is 8. The average molecular weight is 272 g/mol. The number of allylic oxidation sites excluding steroid dienone is 3. The van der Waals surface area contributed by atoms with E-state index in [9.17, 15) is 0 Å². The predicted molar refractivity (Wildman–Crippen MR) is 88.4 cm³/mol. The van der Waals surface area contributed by atoms with Crippen LogP contribution in [0, 0.1) is 0 Å². The lowest BCUT2D eigenvalue weighted by molar-refractivity contribution is 0.361. The van der Waals surface area contributed by atoms with Crippen LogP contribution < -0.4 is 4.74 Å². The Morgan fingerprint density at radius 2 is 1.75 bits per heavy atom. The second kappa shape index (κ2) is 9.41. The molecule has 0 saturated carbocycles. The topological polar surface area (TPSA) is 9.23 Å². The molecule has 0 saturated heterocycles. The molecule has 0 N–H and O–H groups in total. The van der Waals surface area contributed by atoms with E-state index in [4.69, 9.17) is 4.74 Å². The minimum Gasteiger partial charge on any atom is -0.490 e. The van der Waals surface area contributed by atoms with Gasteiger partial charge in [0, 0.05) is 0 Å². The number of hydrogen-bond donors (Lipinski definition) is 0. The number of ether oxygens (including phenoxy) is 1. The van der Waals surface area contributed by atoms with Gasteiger partial charge in [-0.25, -0.2) is 0 Å². The third-order valence-corrected chi connectivity index (χ3v) is 3.24. The van der Waals surface area contributed by atoms with Crippen molar-refractivity contribution in [2.75, 3.05) is 6.61 Å². The Hall–Kier alpha value is -1.50. The van der Waals surface area contributed by atoms with E-state index in [2.05, 4.69) is 64.1 Å². The standard InChI is InChI=1S/C19H28O/c1-5-7-18-10-12-19(13-11-18)20-15-14-17(4)9-6-8-16(2)3/h8,10-14H,5-7,9,15H2,1-4H3/b17-14+. The van der Waals surface area contributed by atoms with Gasteiger partial charge in [-0.1, -0.05) is 42.7 Å². The predicted octanol–water partition coefficient (Wildman–Crippen LogP) is 5.71. The highest BCUT2D eigenvalue weighted by molar-refractivity contribution is 5.27. The van der Waals surface area contributed by atoms with Gasteiger partial charge in [0.1, 0.15) is 12.4 Å². The first kappa shape index (κ1) is 16.6. The van der Waals surface area contributed by atoms with Gasteiger partial charge >= 0.3 is 0 Å². The molecule has 0 aromatic heterocycles. The molecule has 0 bridgehead atoms. The largest absolute Gasteiger partial charge is 0.490 e. The summed E-state index contributed by atoms with van der Waals surface area (Å²) in [5.41, 5.74) is 4.17. The minimum atomic E-state index is 0.660. The zero-order valence-electron chi connectivity index (χ0n) is 13.4. The zero-order chi connectivity index (χ0) is 14.8. The van der Waals surface area contributed by atoms with E-state index in [1.54, 1.807) is 0 Å². The lowest BCUT2D eigenvalue weighted by atomic mass is 10.1. The van der Waals surface area contributed by atoms with Gasteiger partial charge in [0.15, 0.2) is 0 Å². The summed E-state index contributed by atoms with van der Waals surface area (Å²) in [4.78, 5) is 0. The number of aryl methyl sites for hydroxylation is 1. The van der Waals surface area contributed by atoms with Crippen molar-refractivity contribution < 1.29 is 4.74 Å². The molecular formula is C19H28O. The molecule has 0 radical (unpaired) electrons. The smallest absolute Gasteiger partial charge is 0.119 e. The van der Waals surface area contributed by atoms with Crippen molar-refractivity contribution in [1.82, 2.24) is 0 Å². The Morgan fingerprint density at radius 3 is 2.35 bits per heavy atom. The van der Waals surface area contributed by atoms with Crippen LogP contribution in [-0.4, -0.2) is 6.61 Å². The zero-order valence-corrected chi connectivity index (χ0v) is 13.4. The van der Waals surface area contributed by atoms with Crippen LogP contribution in [0.2, 0.25) is 0 Å². The fraction of sp³-hybridized carbons (Fsp3) is 0.474. The highest BCUT2D eigenvalue weighted by atomic mass is 16.5. The maximum absolute atomic E-state index is 5.75. The molecule has 0 spiro atoms. The van der Waals surface area contributed by atoms with Crippen LogP contribution in [-0.2, 0) is 6.42 Å². The lowest BCUT2D eigenvalue weighted by Gasteiger charge is -2.05. The molecule has 0 aliphatic heterocycles. The van der Waals surface area contributed by atoms with Crippen molar-refractivity contribution in [1.29, 1.82) is 0 Å². The lowest BCUT2D eigenvalue weighted by Crippen LogP contribution is -1.95. The maximum Gasteiger partial charge on any atom is 0.119 e. The van der Waals surface area contributed by atoms with Crippen molar-refractivity contribution in [3.05, 3.63) is 53.1 Å². The number of hydrogen-bond acceptors (Lipinski definition) is 1. The summed E-state index contributed by atoms with van der Waals surface area (Å²) in [6.07, 6.45) is 9.03. The third-order valence-electron chi connectivity index (χ3n) is 3.24. The molecule has 0 unspecified atom stereocenters. The van der Waals surface area contributed by atoms with Crippen LogP contribution in [0.25, 0.3) is 0 Å². The van der Waals surface area contributed by atoms with Crippen molar-refractivity contribution in [3.63, 3.8) is 0 Å². The Morgan fingerprint density at radius 1 is 1.05 bits per heavy atom. The van der Waals surface area contributed by atoms with Crippen LogP contribution in [0.4, 0.5) is 0 Å². The van der Waals surface area contributed by atoms with Gasteiger partial charge < -0.3 is 4.74 Å². The van der Waals surface area contributed by atoms with E-state index in [1.807, 2.05) is 0 Å². The monoisotopic (exact) mass is 272 g/mol. The first-order valence-corrected chi connectivity index (χ1v) is 7.62. The van der Waals surface area contributed by atoms with Crippen molar-refractivity contribution in [2.45, 2.75) is 53.4 Å². The van der Waals surface area contributed by atoms with Gasteiger partial charge in [-0.2, -0.15) is 0 Å². The van der Waals surface area contributed by atoms with E-state index in [0.717, 1.165) is 25.0 Å². The third kappa shape index (κ3) is 7.18. The molecule has 1 rings (SSSR count). The minimum absolute atomic E-state index is 0.660. The molecule has 0 amide bonds. The number of benzene rings is 1. The van der Waals surface area contributed by atoms with E-state index in [1.165, 1.54) is 23.1 Å². The van der Waals surface area contributed by atoms with Crippen LogP contribution >= 0.6 is 0 Å². The molecule has 0 aliphatic carbocycles. The van der Waals surface area contributed by atoms with Crippen LogP contribution in [0.1, 0.15) is 52.5 Å². The Labute approximate surface area is 124 Å². The Kier molecular flexibility index (Phi) is 7.79. The van der Waals surface area contributed by atoms with Crippen molar-refractivity contribution >= 4 is 0 Å². The summed E-state index contributed by atoms with van der Waals surface area (Å²) in [6.45, 7) is 9.32. The summed E-state index contributed by atoms with van der Waals surface area (Å²) < 4.78 is 5.75. The molecule has 0 aliphatic rings. The first-order valence-electron chi connectivity index (χ1n) is 7.62. The van der Waals surface area contributed by atoms with Crippen LogP contribution in [0.15, 0.2) is 47.6 Å². The van der Waals surface area contributed by atoms with Gasteiger partial charge in [0.2, 0.25) is 0 Å². The molecule has 20 heavy (non-hydrogen) atoms. The van der Waals surface area contributed by atoms with Crippen molar-refractivity contribution in [3.8, 4) is 5.75 Å². The molecule has 0 heterocycles. The maximum atomic E-state index is 5.75. The van der Waals surface area contributed by atoms with Gasteiger partial charge in [0.25, 0.3) is 0 Å². The summed E-state index contributed by atoms with van der Waals surface area (Å²) in [5.74, 6) is 0.957. The second-order valence-corrected chi connectivity index (χ2v) is 5.58. The second-order valence-electron chi connectivity index (χ2n) is 5.58. The van der Waals surface area contributed by atoms with E-state index < -0.39 is 0 Å². The Bertz CT molecular complexity index is 433. The molecule has 1 nitrogen and oxygen atoms in total.